The summed E-state index contributed by atoms with van der Waals surface area (Å²) in [5, 5.41) is 0. The van der Waals surface area contributed by atoms with E-state index in [0.717, 1.165) is 9.26 Å². The summed E-state index contributed by atoms with van der Waals surface area (Å²) in [6.45, 7) is 2.45. The Morgan fingerprint density at radius 1 is 1.62 bits per heavy atom. The Hall–Kier alpha value is -0.290. The van der Waals surface area contributed by atoms with Gasteiger partial charge in [-0.3, -0.25) is 4.79 Å². The van der Waals surface area contributed by atoms with E-state index in [2.05, 4.69) is 22.6 Å². The van der Waals surface area contributed by atoms with Crippen molar-refractivity contribution in [3.63, 3.8) is 0 Å². The maximum atomic E-state index is 11.4. The van der Waals surface area contributed by atoms with Crippen LogP contribution < -0.4 is 5.56 Å². The summed E-state index contributed by atoms with van der Waals surface area (Å²) in [7, 11) is 0. The first-order valence-electron chi connectivity index (χ1n) is 3.78. The van der Waals surface area contributed by atoms with Crippen LogP contribution in [0.25, 0.3) is 0 Å². The van der Waals surface area contributed by atoms with E-state index in [1.807, 2.05) is 13.0 Å². The average Bonchev–Trinajstić information content (AvgIpc) is 2.12. The highest BCUT2D eigenvalue weighted by Crippen LogP contribution is 2.07. The fourth-order valence-corrected chi connectivity index (χ4v) is 1.57. The number of pyridine rings is 1. The van der Waals surface area contributed by atoms with Gasteiger partial charge in [0.15, 0.2) is 0 Å². The number of halogens is 2. The standard InChI is InChI=1S/C9H9ClINO/c1-7-8(11)3-4-9(13)12(7)6-2-5-10/h2-5H,6H2,1H3/b5-2+. The van der Waals surface area contributed by atoms with Crippen LogP contribution in [0.5, 0.6) is 0 Å². The first kappa shape index (κ1) is 10.8. The molecule has 2 nitrogen and oxygen atoms in total. The SMILES string of the molecule is Cc1c(I)ccc(=O)n1C/C=C/Cl. The molecule has 1 rings (SSSR count). The summed E-state index contributed by atoms with van der Waals surface area (Å²) < 4.78 is 2.76. The maximum Gasteiger partial charge on any atom is 0.251 e. The molecule has 0 saturated heterocycles. The molecule has 0 radical (unpaired) electrons. The van der Waals surface area contributed by atoms with E-state index >= 15 is 0 Å². The van der Waals surface area contributed by atoms with Crippen LogP contribution in [0.4, 0.5) is 0 Å². The Morgan fingerprint density at radius 3 is 2.92 bits per heavy atom. The number of hydrogen-bond donors (Lipinski definition) is 0. The van der Waals surface area contributed by atoms with Gasteiger partial charge < -0.3 is 4.57 Å². The first-order chi connectivity index (χ1) is 6.16. The van der Waals surface area contributed by atoms with E-state index in [1.54, 1.807) is 16.7 Å². The van der Waals surface area contributed by atoms with Crippen molar-refractivity contribution in [1.82, 2.24) is 4.57 Å². The zero-order valence-electron chi connectivity index (χ0n) is 7.13. The molecule has 0 N–H and O–H groups in total. The van der Waals surface area contributed by atoms with Gasteiger partial charge in [-0.2, -0.15) is 0 Å². The second-order valence-electron chi connectivity index (χ2n) is 2.58. The van der Waals surface area contributed by atoms with Gasteiger partial charge in [-0.05, 0) is 35.6 Å². The first-order valence-corrected chi connectivity index (χ1v) is 5.29. The topological polar surface area (TPSA) is 22.0 Å². The lowest BCUT2D eigenvalue weighted by molar-refractivity contribution is 0.742. The Balaban J connectivity index is 3.18. The minimum absolute atomic E-state index is 0.00711. The molecule has 1 aromatic heterocycles. The zero-order valence-corrected chi connectivity index (χ0v) is 10.0. The molecule has 1 heterocycles. The number of nitrogens with zero attached hydrogens (tertiary/aromatic N) is 1. The predicted octanol–water partition coefficient (Wildman–Crippen LogP) is 2.51. The Morgan fingerprint density at radius 2 is 2.31 bits per heavy atom. The summed E-state index contributed by atoms with van der Waals surface area (Å²) in [6.07, 6.45) is 1.74. The fraction of sp³-hybridized carbons (Fsp3) is 0.222. The molecule has 13 heavy (non-hydrogen) atoms. The van der Waals surface area contributed by atoms with Crippen molar-refractivity contribution in [3.8, 4) is 0 Å². The van der Waals surface area contributed by atoms with Crippen molar-refractivity contribution >= 4 is 34.2 Å². The van der Waals surface area contributed by atoms with E-state index in [-0.39, 0.29) is 5.56 Å². The van der Waals surface area contributed by atoms with Crippen LogP contribution in [0.2, 0.25) is 0 Å². The summed E-state index contributed by atoms with van der Waals surface area (Å²) in [4.78, 5) is 11.4. The van der Waals surface area contributed by atoms with Crippen LogP contribution >= 0.6 is 34.2 Å². The highest BCUT2D eigenvalue weighted by molar-refractivity contribution is 14.1. The molecule has 0 aliphatic heterocycles. The molecular weight excluding hydrogens is 300 g/mol. The fourth-order valence-electron chi connectivity index (χ4n) is 1.02. The van der Waals surface area contributed by atoms with Crippen LogP contribution in [0.1, 0.15) is 5.69 Å². The van der Waals surface area contributed by atoms with Crippen LogP contribution in [0.3, 0.4) is 0 Å². The maximum absolute atomic E-state index is 11.4. The molecule has 0 bridgehead atoms. The summed E-state index contributed by atoms with van der Waals surface area (Å²) in [5.41, 5.74) is 2.40. The van der Waals surface area contributed by atoms with Crippen LogP contribution in [-0.2, 0) is 6.54 Å². The molecule has 0 fully saturated rings. The number of hydrogen-bond acceptors (Lipinski definition) is 1. The van der Waals surface area contributed by atoms with Gasteiger partial charge in [-0.15, -0.1) is 0 Å². The molecule has 0 saturated carbocycles. The van der Waals surface area contributed by atoms with Crippen molar-refractivity contribution in [3.05, 3.63) is 43.4 Å². The lowest BCUT2D eigenvalue weighted by Gasteiger charge is -2.07. The van der Waals surface area contributed by atoms with E-state index in [4.69, 9.17) is 11.6 Å². The number of aromatic nitrogens is 1. The smallest absolute Gasteiger partial charge is 0.251 e. The molecule has 0 amide bonds. The van der Waals surface area contributed by atoms with Crippen molar-refractivity contribution in [2.45, 2.75) is 13.5 Å². The molecule has 0 aliphatic rings. The van der Waals surface area contributed by atoms with Crippen molar-refractivity contribution in [2.75, 3.05) is 0 Å². The summed E-state index contributed by atoms with van der Waals surface area (Å²) >= 11 is 7.60. The van der Waals surface area contributed by atoms with Crippen molar-refractivity contribution < 1.29 is 0 Å². The molecule has 0 aromatic carbocycles. The molecule has 0 aliphatic carbocycles. The Kier molecular flexibility index (Phi) is 3.99. The molecular formula is C9H9ClINO. The Bertz CT molecular complexity index is 384. The van der Waals surface area contributed by atoms with Crippen LogP contribution in [-0.4, -0.2) is 4.57 Å². The second-order valence-corrected chi connectivity index (χ2v) is 3.99. The van der Waals surface area contributed by atoms with Crippen molar-refractivity contribution in [1.29, 1.82) is 0 Å². The van der Waals surface area contributed by atoms with E-state index < -0.39 is 0 Å². The number of allylic oxidation sites excluding steroid dienone is 1. The van der Waals surface area contributed by atoms with Gasteiger partial charge in [0, 0.05) is 27.4 Å². The monoisotopic (exact) mass is 309 g/mol. The molecule has 0 atom stereocenters. The minimum Gasteiger partial charge on any atom is -0.308 e. The van der Waals surface area contributed by atoms with E-state index in [9.17, 15) is 4.79 Å². The molecule has 1 aromatic rings. The van der Waals surface area contributed by atoms with E-state index in [1.165, 1.54) is 5.54 Å². The van der Waals surface area contributed by atoms with Gasteiger partial charge in [0.2, 0.25) is 0 Å². The van der Waals surface area contributed by atoms with Gasteiger partial charge in [-0.25, -0.2) is 0 Å². The third-order valence-corrected chi connectivity index (χ3v) is 3.08. The van der Waals surface area contributed by atoms with Crippen LogP contribution in [0.15, 0.2) is 28.5 Å². The third-order valence-electron chi connectivity index (χ3n) is 1.77. The lowest BCUT2D eigenvalue weighted by atomic mass is 10.3. The highest BCUT2D eigenvalue weighted by atomic mass is 127. The summed E-state index contributed by atoms with van der Waals surface area (Å²) in [5.74, 6) is 0. The van der Waals surface area contributed by atoms with Gasteiger partial charge in [0.25, 0.3) is 5.56 Å². The van der Waals surface area contributed by atoms with Gasteiger partial charge in [-0.1, -0.05) is 17.7 Å². The van der Waals surface area contributed by atoms with Gasteiger partial charge in [0.05, 0.1) is 0 Å². The zero-order chi connectivity index (χ0) is 9.84. The quantitative estimate of drug-likeness (QED) is 0.770. The van der Waals surface area contributed by atoms with E-state index in [0.29, 0.717) is 6.54 Å². The lowest BCUT2D eigenvalue weighted by Crippen LogP contribution is -2.21. The molecule has 4 heteroatoms. The third kappa shape index (κ3) is 2.57. The predicted molar refractivity (Wildman–Crippen MR) is 63.1 cm³/mol. The van der Waals surface area contributed by atoms with Gasteiger partial charge in [0.1, 0.15) is 0 Å². The Labute approximate surface area is 95.4 Å². The molecule has 70 valence electrons. The molecule has 0 unspecified atom stereocenters. The normalized spacial score (nSPS) is 11.0. The number of rotatable bonds is 2. The average molecular weight is 310 g/mol. The second kappa shape index (κ2) is 4.81. The van der Waals surface area contributed by atoms with Crippen LogP contribution in [0, 0.1) is 10.5 Å². The summed E-state index contributed by atoms with van der Waals surface area (Å²) in [6, 6.07) is 3.38. The largest absolute Gasteiger partial charge is 0.308 e. The van der Waals surface area contributed by atoms with Gasteiger partial charge >= 0.3 is 0 Å². The van der Waals surface area contributed by atoms with Crippen molar-refractivity contribution in [2.24, 2.45) is 0 Å². The minimum atomic E-state index is 0.00711. The highest BCUT2D eigenvalue weighted by Gasteiger charge is 2.01. The molecule has 0 spiro atoms.